The second-order valence-corrected chi connectivity index (χ2v) is 6.36. The molecule has 1 heterocycles. The standard InChI is InChI=1S/C19H12ClN3OS/c20-15-10-4-8-13(14-9-5-11-16-18(14)23-25-22-16)17(15)21-19(24)12-6-2-1-3-7-12/h1-11H,(H,21,24). The number of amides is 1. The number of hydrogen-bond acceptors (Lipinski definition) is 4. The molecule has 1 aromatic heterocycles. The Morgan fingerprint density at radius 3 is 2.48 bits per heavy atom. The average Bonchev–Trinajstić information content (AvgIpc) is 3.13. The molecule has 4 rings (SSSR count). The van der Waals surface area contributed by atoms with Crippen LogP contribution in [0.3, 0.4) is 0 Å². The second kappa shape index (κ2) is 6.63. The number of aromatic nitrogens is 2. The zero-order chi connectivity index (χ0) is 17.2. The predicted octanol–water partition coefficient (Wildman–Crippen LogP) is 5.26. The molecule has 6 heteroatoms. The SMILES string of the molecule is O=C(Nc1c(Cl)cccc1-c1cccc2nsnc12)c1ccccc1. The van der Waals surface area contributed by atoms with E-state index in [4.69, 9.17) is 11.6 Å². The lowest BCUT2D eigenvalue weighted by Crippen LogP contribution is -2.12. The Hall–Kier alpha value is -2.76. The fraction of sp³-hybridized carbons (Fsp3) is 0. The molecule has 0 aliphatic heterocycles. The van der Waals surface area contributed by atoms with E-state index >= 15 is 0 Å². The van der Waals surface area contributed by atoms with E-state index in [1.807, 2.05) is 48.5 Å². The van der Waals surface area contributed by atoms with E-state index in [-0.39, 0.29) is 5.91 Å². The van der Waals surface area contributed by atoms with Crippen molar-refractivity contribution in [3.63, 3.8) is 0 Å². The van der Waals surface area contributed by atoms with Gasteiger partial charge in [-0.15, -0.1) is 0 Å². The van der Waals surface area contributed by atoms with Crippen molar-refractivity contribution in [2.45, 2.75) is 0 Å². The van der Waals surface area contributed by atoms with Gasteiger partial charge in [-0.1, -0.05) is 54.1 Å². The first-order valence-electron chi connectivity index (χ1n) is 7.60. The predicted molar refractivity (Wildman–Crippen MR) is 102 cm³/mol. The molecule has 1 amide bonds. The normalized spacial score (nSPS) is 10.8. The van der Waals surface area contributed by atoms with E-state index in [1.165, 1.54) is 0 Å². The lowest BCUT2D eigenvalue weighted by molar-refractivity contribution is 0.102. The zero-order valence-electron chi connectivity index (χ0n) is 12.9. The number of halogens is 1. The number of para-hydroxylation sites is 1. The van der Waals surface area contributed by atoms with Crippen LogP contribution in [0.15, 0.2) is 66.7 Å². The molecule has 1 N–H and O–H groups in total. The Morgan fingerprint density at radius 2 is 1.64 bits per heavy atom. The molecule has 0 saturated carbocycles. The summed E-state index contributed by atoms with van der Waals surface area (Å²) < 4.78 is 8.65. The van der Waals surface area contributed by atoms with Crippen molar-refractivity contribution < 1.29 is 4.79 Å². The van der Waals surface area contributed by atoms with E-state index < -0.39 is 0 Å². The molecule has 0 saturated heterocycles. The fourth-order valence-corrected chi connectivity index (χ4v) is 3.45. The van der Waals surface area contributed by atoms with Gasteiger partial charge in [0.1, 0.15) is 11.0 Å². The van der Waals surface area contributed by atoms with Crippen LogP contribution in [0.25, 0.3) is 22.2 Å². The number of nitrogens with one attached hydrogen (secondary N) is 1. The van der Waals surface area contributed by atoms with E-state index in [2.05, 4.69) is 14.1 Å². The third kappa shape index (κ3) is 2.99. The minimum atomic E-state index is -0.210. The van der Waals surface area contributed by atoms with Gasteiger partial charge in [0.2, 0.25) is 0 Å². The smallest absolute Gasteiger partial charge is 0.255 e. The number of carbonyl (C=O) groups is 1. The number of nitrogens with zero attached hydrogens (tertiary/aromatic N) is 2. The molecule has 0 fully saturated rings. The third-order valence-electron chi connectivity index (χ3n) is 3.86. The summed E-state index contributed by atoms with van der Waals surface area (Å²) in [6.07, 6.45) is 0. The topological polar surface area (TPSA) is 54.9 Å². The van der Waals surface area contributed by atoms with Crippen LogP contribution < -0.4 is 5.32 Å². The molecule has 0 unspecified atom stereocenters. The van der Waals surface area contributed by atoms with Crippen LogP contribution in [-0.2, 0) is 0 Å². The first kappa shape index (κ1) is 15.7. The molecule has 0 aliphatic rings. The highest BCUT2D eigenvalue weighted by Gasteiger charge is 2.16. The molecule has 0 spiro atoms. The van der Waals surface area contributed by atoms with Crippen LogP contribution in [0, 0.1) is 0 Å². The van der Waals surface area contributed by atoms with Gasteiger partial charge in [0.05, 0.1) is 22.4 Å². The van der Waals surface area contributed by atoms with Gasteiger partial charge in [0.25, 0.3) is 5.91 Å². The van der Waals surface area contributed by atoms with Gasteiger partial charge in [0, 0.05) is 16.7 Å². The van der Waals surface area contributed by atoms with E-state index in [0.29, 0.717) is 16.3 Å². The van der Waals surface area contributed by atoms with E-state index in [9.17, 15) is 4.79 Å². The summed E-state index contributed by atoms with van der Waals surface area (Å²) in [5.74, 6) is -0.210. The molecule has 0 atom stereocenters. The quantitative estimate of drug-likeness (QED) is 0.538. The summed E-state index contributed by atoms with van der Waals surface area (Å²) in [6, 6.07) is 20.3. The van der Waals surface area contributed by atoms with Gasteiger partial charge in [-0.25, -0.2) is 0 Å². The number of fused-ring (bicyclic) bond motifs is 1. The average molecular weight is 366 g/mol. The summed E-state index contributed by atoms with van der Waals surface area (Å²) in [4.78, 5) is 12.6. The van der Waals surface area contributed by atoms with Gasteiger partial charge in [-0.05, 0) is 24.3 Å². The highest BCUT2D eigenvalue weighted by molar-refractivity contribution is 7.00. The van der Waals surface area contributed by atoms with E-state index in [1.54, 1.807) is 18.2 Å². The van der Waals surface area contributed by atoms with Crippen LogP contribution in [0.5, 0.6) is 0 Å². The number of rotatable bonds is 3. The van der Waals surface area contributed by atoms with Gasteiger partial charge in [-0.2, -0.15) is 8.75 Å². The Balaban J connectivity index is 1.82. The highest BCUT2D eigenvalue weighted by Crippen LogP contribution is 2.37. The van der Waals surface area contributed by atoms with Crippen LogP contribution in [0.2, 0.25) is 5.02 Å². The summed E-state index contributed by atoms with van der Waals surface area (Å²) >= 11 is 7.55. The Bertz CT molecular complexity index is 1060. The third-order valence-corrected chi connectivity index (χ3v) is 4.72. The van der Waals surface area contributed by atoms with Crippen LogP contribution in [-0.4, -0.2) is 14.7 Å². The lowest BCUT2D eigenvalue weighted by atomic mass is 10.0. The van der Waals surface area contributed by atoms with Gasteiger partial charge in [0.15, 0.2) is 0 Å². The molecule has 122 valence electrons. The minimum Gasteiger partial charge on any atom is -0.320 e. The first-order valence-corrected chi connectivity index (χ1v) is 8.71. The number of carbonyl (C=O) groups excluding carboxylic acids is 1. The molecular formula is C19H12ClN3OS. The van der Waals surface area contributed by atoms with Crippen molar-refractivity contribution in [1.29, 1.82) is 0 Å². The van der Waals surface area contributed by atoms with Crippen molar-refractivity contribution in [1.82, 2.24) is 8.75 Å². The zero-order valence-corrected chi connectivity index (χ0v) is 14.5. The molecule has 0 bridgehead atoms. The molecule has 0 aliphatic carbocycles. The highest BCUT2D eigenvalue weighted by atomic mass is 35.5. The van der Waals surface area contributed by atoms with Gasteiger partial charge in [-0.3, -0.25) is 4.79 Å². The van der Waals surface area contributed by atoms with Crippen molar-refractivity contribution in [3.8, 4) is 11.1 Å². The Kier molecular flexibility index (Phi) is 4.17. The van der Waals surface area contributed by atoms with Crippen molar-refractivity contribution in [2.75, 3.05) is 5.32 Å². The molecule has 25 heavy (non-hydrogen) atoms. The minimum absolute atomic E-state index is 0.210. The second-order valence-electron chi connectivity index (χ2n) is 5.42. The van der Waals surface area contributed by atoms with Gasteiger partial charge < -0.3 is 5.32 Å². The van der Waals surface area contributed by atoms with E-state index in [0.717, 1.165) is 33.9 Å². The summed E-state index contributed by atoms with van der Waals surface area (Å²) in [6.45, 7) is 0. The maximum atomic E-state index is 12.6. The maximum Gasteiger partial charge on any atom is 0.255 e. The maximum absolute atomic E-state index is 12.6. The van der Waals surface area contributed by atoms with Crippen LogP contribution >= 0.6 is 23.3 Å². The molecule has 4 aromatic rings. The van der Waals surface area contributed by atoms with Crippen LogP contribution in [0.1, 0.15) is 10.4 Å². The van der Waals surface area contributed by atoms with Gasteiger partial charge >= 0.3 is 0 Å². The monoisotopic (exact) mass is 365 g/mol. The molecule has 4 nitrogen and oxygen atoms in total. The number of benzene rings is 3. The summed E-state index contributed by atoms with van der Waals surface area (Å²) in [7, 11) is 0. The van der Waals surface area contributed by atoms with Crippen molar-refractivity contribution >= 4 is 46.0 Å². The molecule has 3 aromatic carbocycles. The Morgan fingerprint density at radius 1 is 0.880 bits per heavy atom. The summed E-state index contributed by atoms with van der Waals surface area (Å²) in [5, 5.41) is 3.41. The lowest BCUT2D eigenvalue weighted by Gasteiger charge is -2.13. The first-order chi connectivity index (χ1) is 12.2. The number of anilines is 1. The van der Waals surface area contributed by atoms with Crippen molar-refractivity contribution in [2.24, 2.45) is 0 Å². The Labute approximate surface area is 153 Å². The summed E-state index contributed by atoms with van der Waals surface area (Å²) in [5.41, 5.74) is 4.46. The van der Waals surface area contributed by atoms with Crippen molar-refractivity contribution in [3.05, 3.63) is 77.3 Å². The largest absolute Gasteiger partial charge is 0.320 e. The van der Waals surface area contributed by atoms with Crippen LogP contribution in [0.4, 0.5) is 5.69 Å². The number of hydrogen-bond donors (Lipinski definition) is 1. The molecule has 0 radical (unpaired) electrons. The fourth-order valence-electron chi connectivity index (χ4n) is 2.67. The molecular weight excluding hydrogens is 354 g/mol.